The summed E-state index contributed by atoms with van der Waals surface area (Å²) in [7, 11) is 0. The summed E-state index contributed by atoms with van der Waals surface area (Å²) >= 11 is 1.75. The van der Waals surface area contributed by atoms with Crippen LogP contribution in [0.2, 0.25) is 0 Å². The van der Waals surface area contributed by atoms with E-state index in [4.69, 9.17) is 9.15 Å². The van der Waals surface area contributed by atoms with E-state index in [2.05, 4.69) is 17.4 Å². The van der Waals surface area contributed by atoms with Crippen LogP contribution in [0.3, 0.4) is 0 Å². The fourth-order valence-corrected chi connectivity index (χ4v) is 3.73. The molecule has 23 heavy (non-hydrogen) atoms. The summed E-state index contributed by atoms with van der Waals surface area (Å²) in [6, 6.07) is 15.3. The molecule has 1 unspecified atom stereocenters. The lowest BCUT2D eigenvalue weighted by Gasteiger charge is -2.12. The fourth-order valence-electron chi connectivity index (χ4n) is 2.69. The molecule has 0 radical (unpaired) electrons. The van der Waals surface area contributed by atoms with Gasteiger partial charge in [0.1, 0.15) is 23.3 Å². The second kappa shape index (κ2) is 5.66. The van der Waals surface area contributed by atoms with E-state index < -0.39 is 0 Å². The average molecular weight is 325 g/mol. The molecule has 3 aromatic rings. The van der Waals surface area contributed by atoms with Crippen molar-refractivity contribution in [2.45, 2.75) is 17.2 Å². The van der Waals surface area contributed by atoms with Crippen molar-refractivity contribution < 1.29 is 9.15 Å². The third-order valence-electron chi connectivity index (χ3n) is 3.80. The number of thioether (sulfide) groups is 1. The summed E-state index contributed by atoms with van der Waals surface area (Å²) in [6.07, 6.45) is 0. The molecule has 4 rings (SSSR count). The van der Waals surface area contributed by atoms with Crippen molar-refractivity contribution in [3.8, 4) is 5.75 Å². The molecule has 4 nitrogen and oxygen atoms in total. The number of para-hydroxylation sites is 1. The maximum absolute atomic E-state index is 11.5. The lowest BCUT2D eigenvalue weighted by Crippen LogP contribution is -2.19. The molecule has 116 valence electrons. The quantitative estimate of drug-likeness (QED) is 0.737. The lowest BCUT2D eigenvalue weighted by molar-refractivity contribution is 0.325. The highest BCUT2D eigenvalue weighted by Crippen LogP contribution is 2.38. The molecule has 0 spiro atoms. The van der Waals surface area contributed by atoms with Crippen molar-refractivity contribution >= 4 is 28.4 Å². The topological polar surface area (TPSA) is 51.5 Å². The van der Waals surface area contributed by atoms with Gasteiger partial charge in [-0.3, -0.25) is 0 Å². The molecule has 0 aliphatic carbocycles. The van der Waals surface area contributed by atoms with Gasteiger partial charge < -0.3 is 14.5 Å². The summed E-state index contributed by atoms with van der Waals surface area (Å²) < 4.78 is 11.1. The number of anilines is 1. The van der Waals surface area contributed by atoms with Gasteiger partial charge in [0.25, 0.3) is 0 Å². The van der Waals surface area contributed by atoms with Gasteiger partial charge in [-0.25, -0.2) is 4.79 Å². The fraction of sp³-hybridized carbons (Fsp3) is 0.167. The van der Waals surface area contributed by atoms with Crippen molar-refractivity contribution in [1.29, 1.82) is 0 Å². The number of ether oxygens (including phenoxy) is 1. The molecule has 0 bridgehead atoms. The number of hydrogen-bond acceptors (Lipinski definition) is 5. The van der Waals surface area contributed by atoms with Gasteiger partial charge in [-0.15, -0.1) is 0 Å². The summed E-state index contributed by atoms with van der Waals surface area (Å²) in [5, 5.41) is 4.53. The second-order valence-electron chi connectivity index (χ2n) is 5.46. The van der Waals surface area contributed by atoms with Crippen LogP contribution in [0.4, 0.5) is 5.69 Å². The number of rotatable bonds is 3. The molecule has 1 atom stereocenters. The van der Waals surface area contributed by atoms with E-state index in [0.717, 1.165) is 16.6 Å². The Bertz CT molecular complexity index is 910. The summed E-state index contributed by atoms with van der Waals surface area (Å²) in [4.78, 5) is 12.7. The van der Waals surface area contributed by atoms with Gasteiger partial charge in [0, 0.05) is 28.1 Å². The third kappa shape index (κ3) is 2.80. The van der Waals surface area contributed by atoms with Crippen LogP contribution < -0.4 is 15.7 Å². The monoisotopic (exact) mass is 325 g/mol. The molecule has 2 heterocycles. The smallest absolute Gasteiger partial charge is 0.336 e. The highest BCUT2D eigenvalue weighted by Gasteiger charge is 2.21. The average Bonchev–Trinajstić information content (AvgIpc) is 2.95. The van der Waals surface area contributed by atoms with E-state index in [1.807, 2.05) is 31.2 Å². The molecule has 5 heteroatoms. The zero-order chi connectivity index (χ0) is 15.8. The molecule has 2 aromatic carbocycles. The molecule has 0 amide bonds. The van der Waals surface area contributed by atoms with Crippen molar-refractivity contribution in [1.82, 2.24) is 0 Å². The Balaban J connectivity index is 1.50. The zero-order valence-corrected chi connectivity index (χ0v) is 13.4. The van der Waals surface area contributed by atoms with E-state index in [1.165, 1.54) is 11.0 Å². The number of aryl methyl sites for hydroxylation is 1. The number of hydrogen-bond donors (Lipinski definition) is 1. The molecule has 1 aromatic heterocycles. The molecular weight excluding hydrogens is 310 g/mol. The lowest BCUT2D eigenvalue weighted by atomic mass is 10.1. The van der Waals surface area contributed by atoms with Gasteiger partial charge in [-0.05, 0) is 36.8 Å². The van der Waals surface area contributed by atoms with Crippen LogP contribution in [0.5, 0.6) is 5.75 Å². The van der Waals surface area contributed by atoms with Crippen molar-refractivity contribution in [3.63, 3.8) is 0 Å². The predicted molar refractivity (Wildman–Crippen MR) is 92.4 cm³/mol. The van der Waals surface area contributed by atoms with E-state index in [9.17, 15) is 4.79 Å². The number of fused-ring (bicyclic) bond motifs is 2. The Morgan fingerprint density at radius 3 is 2.96 bits per heavy atom. The molecule has 0 saturated carbocycles. The third-order valence-corrected chi connectivity index (χ3v) is 4.95. The summed E-state index contributed by atoms with van der Waals surface area (Å²) in [5.74, 6) is 0.699. The van der Waals surface area contributed by atoms with Gasteiger partial charge in [0.05, 0.1) is 0 Å². The molecule has 1 aliphatic rings. The maximum Gasteiger partial charge on any atom is 0.336 e. The molecule has 1 N–H and O–H groups in total. The first kappa shape index (κ1) is 14.2. The van der Waals surface area contributed by atoms with Crippen LogP contribution in [0, 0.1) is 6.92 Å². The largest absolute Gasteiger partial charge is 0.490 e. The van der Waals surface area contributed by atoms with Gasteiger partial charge in [-0.2, -0.15) is 0 Å². The van der Waals surface area contributed by atoms with Crippen LogP contribution >= 0.6 is 11.8 Å². The van der Waals surface area contributed by atoms with E-state index in [0.29, 0.717) is 17.9 Å². The van der Waals surface area contributed by atoms with Crippen molar-refractivity contribution in [3.05, 3.63) is 64.5 Å². The minimum atomic E-state index is -0.337. The Morgan fingerprint density at radius 2 is 2.09 bits per heavy atom. The Labute approximate surface area is 137 Å². The van der Waals surface area contributed by atoms with Crippen LogP contribution in [0.1, 0.15) is 5.56 Å². The van der Waals surface area contributed by atoms with Crippen LogP contribution in [-0.4, -0.2) is 12.0 Å². The molecule has 0 saturated heterocycles. The van der Waals surface area contributed by atoms with Gasteiger partial charge >= 0.3 is 5.63 Å². The zero-order valence-electron chi connectivity index (χ0n) is 12.5. The first-order chi connectivity index (χ1) is 11.2. The van der Waals surface area contributed by atoms with E-state index in [1.54, 1.807) is 17.8 Å². The summed E-state index contributed by atoms with van der Waals surface area (Å²) in [5.41, 5.74) is 2.27. The van der Waals surface area contributed by atoms with Gasteiger partial charge in [-0.1, -0.05) is 23.9 Å². The van der Waals surface area contributed by atoms with Crippen molar-refractivity contribution in [2.75, 3.05) is 11.9 Å². The Hall–Kier alpha value is -2.40. The second-order valence-corrected chi connectivity index (χ2v) is 6.71. The van der Waals surface area contributed by atoms with Crippen LogP contribution in [0.15, 0.2) is 62.6 Å². The molecule has 1 aliphatic heterocycles. The number of nitrogens with one attached hydrogen (secondary N) is 1. The number of benzene rings is 2. The van der Waals surface area contributed by atoms with Gasteiger partial charge in [0.2, 0.25) is 0 Å². The van der Waals surface area contributed by atoms with Gasteiger partial charge in [0.15, 0.2) is 0 Å². The predicted octanol–water partition coefficient (Wildman–Crippen LogP) is 4.02. The highest BCUT2D eigenvalue weighted by atomic mass is 32.2. The maximum atomic E-state index is 11.5. The molecular formula is C18H15NO3S. The summed E-state index contributed by atoms with van der Waals surface area (Å²) in [6.45, 7) is 2.43. The normalized spacial score (nSPS) is 16.1. The van der Waals surface area contributed by atoms with Crippen molar-refractivity contribution in [2.24, 2.45) is 0 Å². The SMILES string of the molecule is Cc1cc(=O)oc2cc(OCC3Nc4ccccc4S3)ccc12. The Morgan fingerprint density at radius 1 is 1.22 bits per heavy atom. The molecule has 0 fully saturated rings. The van der Waals surface area contributed by atoms with E-state index >= 15 is 0 Å². The Kier molecular flexibility index (Phi) is 3.50. The minimum absolute atomic E-state index is 0.174. The minimum Gasteiger partial charge on any atom is -0.490 e. The first-order valence-corrected chi connectivity index (χ1v) is 8.26. The van der Waals surface area contributed by atoms with E-state index in [-0.39, 0.29) is 11.0 Å². The van der Waals surface area contributed by atoms with Crippen LogP contribution in [-0.2, 0) is 0 Å². The standard InChI is InChI=1S/C18H15NO3S/c1-11-8-18(20)22-15-9-12(6-7-13(11)15)21-10-17-19-14-4-2-3-5-16(14)23-17/h2-9,17,19H,10H2,1H3. The van der Waals surface area contributed by atoms with Crippen LogP contribution in [0.25, 0.3) is 11.0 Å². The first-order valence-electron chi connectivity index (χ1n) is 7.38. The highest BCUT2D eigenvalue weighted by molar-refractivity contribution is 8.00.